The predicted octanol–water partition coefficient (Wildman–Crippen LogP) is 4.30. The summed E-state index contributed by atoms with van der Waals surface area (Å²) in [5.41, 5.74) is 1.34. The molecule has 2 rings (SSSR count). The number of ether oxygens (including phenoxy) is 3. The van der Waals surface area contributed by atoms with Crippen molar-refractivity contribution in [3.63, 3.8) is 0 Å². The average Bonchev–Trinajstić information content (AvgIpc) is 2.67. The first-order valence-electron chi connectivity index (χ1n) is 9.02. The number of benzene rings is 2. The topological polar surface area (TPSA) is 56.8 Å². The van der Waals surface area contributed by atoms with Gasteiger partial charge in [0.2, 0.25) is 0 Å². The number of hydrogen-bond acceptors (Lipinski definition) is 4. The molecule has 0 aromatic heterocycles. The second-order valence-electron chi connectivity index (χ2n) is 6.60. The second-order valence-corrected chi connectivity index (χ2v) is 6.60. The van der Waals surface area contributed by atoms with Crippen molar-refractivity contribution in [2.75, 3.05) is 20.3 Å². The van der Waals surface area contributed by atoms with E-state index in [1.807, 2.05) is 6.07 Å². The molecule has 152 valence electrons. The number of hydrogen-bond donors (Lipinski definition) is 1. The summed E-state index contributed by atoms with van der Waals surface area (Å²) in [5.74, 6) is 1.04. The van der Waals surface area contributed by atoms with E-state index in [1.165, 1.54) is 13.2 Å². The van der Waals surface area contributed by atoms with Crippen LogP contribution in [0.1, 0.15) is 29.8 Å². The van der Waals surface area contributed by atoms with Crippen molar-refractivity contribution in [2.24, 2.45) is 5.92 Å². The van der Waals surface area contributed by atoms with Crippen molar-refractivity contribution < 1.29 is 27.8 Å². The fourth-order valence-electron chi connectivity index (χ4n) is 2.47. The Morgan fingerprint density at radius 3 is 2.57 bits per heavy atom. The predicted molar refractivity (Wildman–Crippen MR) is 102 cm³/mol. The number of amides is 1. The van der Waals surface area contributed by atoms with Crippen molar-refractivity contribution in [3.8, 4) is 17.2 Å². The zero-order valence-electron chi connectivity index (χ0n) is 16.2. The van der Waals surface area contributed by atoms with Crippen LogP contribution >= 0.6 is 0 Å². The lowest BCUT2D eigenvalue weighted by molar-refractivity contribution is -0.0512. The van der Waals surface area contributed by atoms with Gasteiger partial charge in [0, 0.05) is 12.1 Å². The number of rotatable bonds is 10. The number of alkyl halides is 2. The molecule has 2 aromatic rings. The number of carbonyl (C=O) groups excluding carboxylic acids is 1. The first-order chi connectivity index (χ1) is 13.4. The number of methoxy groups -OCH3 is 1. The van der Waals surface area contributed by atoms with Crippen LogP contribution in [0, 0.1) is 5.92 Å². The minimum atomic E-state index is -2.92. The molecular formula is C21H25F2NO4. The van der Waals surface area contributed by atoms with Crippen LogP contribution in [-0.4, -0.2) is 32.8 Å². The van der Waals surface area contributed by atoms with Crippen molar-refractivity contribution in [1.82, 2.24) is 5.32 Å². The van der Waals surface area contributed by atoms with Crippen molar-refractivity contribution in [1.29, 1.82) is 0 Å². The normalized spacial score (nSPS) is 10.8. The van der Waals surface area contributed by atoms with Crippen LogP contribution in [0.15, 0.2) is 42.5 Å². The van der Waals surface area contributed by atoms with Gasteiger partial charge in [-0.15, -0.1) is 0 Å². The Morgan fingerprint density at radius 1 is 1.11 bits per heavy atom. The third kappa shape index (κ3) is 6.72. The van der Waals surface area contributed by atoms with E-state index in [0.717, 1.165) is 5.56 Å². The van der Waals surface area contributed by atoms with Crippen LogP contribution in [0.3, 0.4) is 0 Å². The molecule has 0 heterocycles. The summed E-state index contributed by atoms with van der Waals surface area (Å²) < 4.78 is 39.9. The fourth-order valence-corrected chi connectivity index (χ4v) is 2.47. The largest absolute Gasteiger partial charge is 0.493 e. The summed E-state index contributed by atoms with van der Waals surface area (Å²) in [4.78, 5) is 12.3. The van der Waals surface area contributed by atoms with Gasteiger partial charge in [0.1, 0.15) is 5.75 Å². The van der Waals surface area contributed by atoms with Crippen molar-refractivity contribution in [3.05, 3.63) is 53.6 Å². The Bertz CT molecular complexity index is 781. The van der Waals surface area contributed by atoms with E-state index < -0.39 is 6.61 Å². The van der Waals surface area contributed by atoms with E-state index in [9.17, 15) is 13.6 Å². The minimum Gasteiger partial charge on any atom is -0.493 e. The fraction of sp³-hybridized carbons (Fsp3) is 0.381. The molecule has 0 unspecified atom stereocenters. The van der Waals surface area contributed by atoms with E-state index in [-0.39, 0.29) is 17.4 Å². The minimum absolute atomic E-state index is 0.0245. The smallest absolute Gasteiger partial charge is 0.387 e. The van der Waals surface area contributed by atoms with Gasteiger partial charge in [-0.3, -0.25) is 4.79 Å². The summed E-state index contributed by atoms with van der Waals surface area (Å²) >= 11 is 0. The van der Waals surface area contributed by atoms with E-state index in [0.29, 0.717) is 36.8 Å². The second kappa shape index (κ2) is 10.5. The van der Waals surface area contributed by atoms with Crippen molar-refractivity contribution >= 4 is 5.91 Å². The Morgan fingerprint density at radius 2 is 1.89 bits per heavy atom. The molecule has 28 heavy (non-hydrogen) atoms. The highest BCUT2D eigenvalue weighted by molar-refractivity contribution is 5.94. The summed E-state index contributed by atoms with van der Waals surface area (Å²) in [6.07, 6.45) is 0.514. The van der Waals surface area contributed by atoms with Crippen LogP contribution in [0.2, 0.25) is 0 Å². The van der Waals surface area contributed by atoms with Gasteiger partial charge < -0.3 is 19.5 Å². The summed E-state index contributed by atoms with van der Waals surface area (Å²) in [6, 6.07) is 11.7. The van der Waals surface area contributed by atoms with Gasteiger partial charge in [0.25, 0.3) is 5.91 Å². The average molecular weight is 393 g/mol. The molecule has 0 saturated carbocycles. The van der Waals surface area contributed by atoms with Gasteiger partial charge in [-0.1, -0.05) is 26.0 Å². The van der Waals surface area contributed by atoms with Gasteiger partial charge in [0.15, 0.2) is 11.5 Å². The maximum absolute atomic E-state index is 12.4. The molecular weight excluding hydrogens is 368 g/mol. The summed E-state index contributed by atoms with van der Waals surface area (Å²) in [7, 11) is 1.38. The zero-order valence-corrected chi connectivity index (χ0v) is 16.2. The molecule has 0 aliphatic rings. The SMILES string of the molecule is COc1cc(CCNC(=O)c2cccc(OCC(C)C)c2)ccc1OC(F)F. The first kappa shape index (κ1) is 21.5. The molecule has 1 N–H and O–H groups in total. The third-order valence-corrected chi connectivity index (χ3v) is 3.82. The van der Waals surface area contributed by atoms with Crippen LogP contribution < -0.4 is 19.5 Å². The molecule has 0 spiro atoms. The quantitative estimate of drug-likeness (QED) is 0.654. The Balaban J connectivity index is 1.90. The van der Waals surface area contributed by atoms with Crippen LogP contribution in [0.5, 0.6) is 17.2 Å². The van der Waals surface area contributed by atoms with Gasteiger partial charge >= 0.3 is 6.61 Å². The molecule has 2 aromatic carbocycles. The van der Waals surface area contributed by atoms with E-state index in [4.69, 9.17) is 9.47 Å². The van der Waals surface area contributed by atoms with Gasteiger partial charge in [0.05, 0.1) is 13.7 Å². The lowest BCUT2D eigenvalue weighted by atomic mass is 10.1. The first-order valence-corrected chi connectivity index (χ1v) is 9.02. The molecule has 0 radical (unpaired) electrons. The van der Waals surface area contributed by atoms with E-state index >= 15 is 0 Å². The molecule has 5 nitrogen and oxygen atoms in total. The Hall–Kier alpha value is -2.83. The van der Waals surface area contributed by atoms with Crippen LogP contribution in [-0.2, 0) is 6.42 Å². The number of carbonyl (C=O) groups is 1. The van der Waals surface area contributed by atoms with E-state index in [2.05, 4.69) is 23.9 Å². The Labute approximate surface area is 163 Å². The molecule has 0 saturated heterocycles. The van der Waals surface area contributed by atoms with Gasteiger partial charge in [-0.05, 0) is 48.2 Å². The Kier molecular flexibility index (Phi) is 8.04. The monoisotopic (exact) mass is 393 g/mol. The molecule has 1 amide bonds. The number of halogens is 2. The van der Waals surface area contributed by atoms with E-state index in [1.54, 1.807) is 30.3 Å². The zero-order chi connectivity index (χ0) is 20.5. The highest BCUT2D eigenvalue weighted by Crippen LogP contribution is 2.29. The standard InChI is InChI=1S/C21H25F2NO4/c1-14(2)13-27-17-6-4-5-16(12-17)20(25)24-10-9-15-7-8-18(28-21(22)23)19(11-15)26-3/h4-8,11-12,14,21H,9-10,13H2,1-3H3,(H,24,25). The maximum Gasteiger partial charge on any atom is 0.387 e. The highest BCUT2D eigenvalue weighted by atomic mass is 19.3. The maximum atomic E-state index is 12.4. The molecule has 0 aliphatic carbocycles. The highest BCUT2D eigenvalue weighted by Gasteiger charge is 2.12. The summed E-state index contributed by atoms with van der Waals surface area (Å²) in [5, 5.41) is 2.84. The third-order valence-electron chi connectivity index (χ3n) is 3.82. The molecule has 0 aliphatic heterocycles. The molecule has 0 fully saturated rings. The van der Waals surface area contributed by atoms with Crippen molar-refractivity contribution in [2.45, 2.75) is 26.9 Å². The molecule has 7 heteroatoms. The van der Waals surface area contributed by atoms with Crippen LogP contribution in [0.25, 0.3) is 0 Å². The summed E-state index contributed by atoms with van der Waals surface area (Å²) in [6.45, 7) is 2.15. The molecule has 0 bridgehead atoms. The molecule has 0 atom stereocenters. The van der Waals surface area contributed by atoms with Crippen LogP contribution in [0.4, 0.5) is 8.78 Å². The van der Waals surface area contributed by atoms with Gasteiger partial charge in [-0.2, -0.15) is 8.78 Å². The lowest BCUT2D eigenvalue weighted by Gasteiger charge is -2.12. The lowest BCUT2D eigenvalue weighted by Crippen LogP contribution is -2.25. The van der Waals surface area contributed by atoms with Gasteiger partial charge in [-0.25, -0.2) is 0 Å². The number of nitrogens with one attached hydrogen (secondary N) is 1.